The first-order valence-electron chi connectivity index (χ1n) is 4.57. The Labute approximate surface area is 92.9 Å². The predicted molar refractivity (Wildman–Crippen MR) is 62.8 cm³/mol. The highest BCUT2D eigenvalue weighted by atomic mass is 32.2. The molecule has 2 N–H and O–H groups in total. The summed E-state index contributed by atoms with van der Waals surface area (Å²) < 4.78 is 0. The molecule has 0 spiro atoms. The average Bonchev–Trinajstić information content (AvgIpc) is 2.67. The van der Waals surface area contributed by atoms with Crippen molar-refractivity contribution in [1.29, 1.82) is 0 Å². The number of hydrogen-bond acceptors (Lipinski definition) is 5. The van der Waals surface area contributed by atoms with E-state index in [0.717, 1.165) is 24.4 Å². The lowest BCUT2D eigenvalue weighted by Crippen LogP contribution is -2.31. The Morgan fingerprint density at radius 2 is 2.57 bits per heavy atom. The summed E-state index contributed by atoms with van der Waals surface area (Å²) in [4.78, 5) is 4.20. The smallest absolute Gasteiger partial charge is 0.0795 e. The van der Waals surface area contributed by atoms with Gasteiger partial charge in [0.15, 0.2) is 0 Å². The summed E-state index contributed by atoms with van der Waals surface area (Å²) in [5.74, 6) is 1.03. The number of hydrogen-bond donors (Lipinski definition) is 2. The van der Waals surface area contributed by atoms with Crippen molar-refractivity contribution < 1.29 is 5.11 Å². The fraction of sp³-hybridized carbons (Fsp3) is 0.667. The topological polar surface area (TPSA) is 45.1 Å². The van der Waals surface area contributed by atoms with Gasteiger partial charge in [-0.2, -0.15) is 11.8 Å². The van der Waals surface area contributed by atoms with E-state index in [1.165, 1.54) is 0 Å². The maximum Gasteiger partial charge on any atom is 0.0795 e. The Morgan fingerprint density at radius 1 is 1.71 bits per heavy atom. The van der Waals surface area contributed by atoms with E-state index in [1.807, 2.05) is 10.9 Å². The van der Waals surface area contributed by atoms with E-state index in [-0.39, 0.29) is 6.61 Å². The van der Waals surface area contributed by atoms with Crippen molar-refractivity contribution in [2.45, 2.75) is 19.0 Å². The van der Waals surface area contributed by atoms with Crippen LogP contribution >= 0.6 is 23.1 Å². The van der Waals surface area contributed by atoms with Crippen molar-refractivity contribution in [2.75, 3.05) is 18.6 Å². The standard InChI is InChI=1S/C9H16N2OS2/c1-13-5-8(2-3-12)10-4-9-6-14-7-11-9/h6-8,10,12H,2-5H2,1H3. The van der Waals surface area contributed by atoms with E-state index in [0.29, 0.717) is 6.04 Å². The van der Waals surface area contributed by atoms with Gasteiger partial charge in [-0.15, -0.1) is 11.3 Å². The normalized spacial score (nSPS) is 13.0. The van der Waals surface area contributed by atoms with Crippen LogP contribution in [0.5, 0.6) is 0 Å². The van der Waals surface area contributed by atoms with E-state index in [2.05, 4.69) is 16.6 Å². The Morgan fingerprint density at radius 3 is 3.14 bits per heavy atom. The van der Waals surface area contributed by atoms with Crippen LogP contribution in [0.15, 0.2) is 10.9 Å². The molecule has 0 radical (unpaired) electrons. The second kappa shape index (κ2) is 7.23. The van der Waals surface area contributed by atoms with Crippen molar-refractivity contribution in [2.24, 2.45) is 0 Å². The number of aliphatic hydroxyl groups excluding tert-OH is 1. The molecule has 0 saturated heterocycles. The summed E-state index contributed by atoms with van der Waals surface area (Å²) in [6.45, 7) is 1.05. The van der Waals surface area contributed by atoms with Gasteiger partial charge < -0.3 is 10.4 Å². The van der Waals surface area contributed by atoms with Crippen LogP contribution in [0, 0.1) is 0 Å². The first-order valence-corrected chi connectivity index (χ1v) is 6.90. The maximum atomic E-state index is 8.86. The molecule has 1 atom stereocenters. The molecule has 0 bridgehead atoms. The zero-order chi connectivity index (χ0) is 10.2. The molecule has 0 fully saturated rings. The Balaban J connectivity index is 2.25. The number of rotatable bonds is 7. The van der Waals surface area contributed by atoms with Crippen molar-refractivity contribution in [3.63, 3.8) is 0 Å². The minimum absolute atomic E-state index is 0.245. The van der Waals surface area contributed by atoms with E-state index in [9.17, 15) is 0 Å². The molecule has 5 heteroatoms. The van der Waals surface area contributed by atoms with E-state index in [4.69, 9.17) is 5.11 Å². The first-order chi connectivity index (χ1) is 6.86. The van der Waals surface area contributed by atoms with E-state index in [1.54, 1.807) is 23.1 Å². The van der Waals surface area contributed by atoms with Crippen LogP contribution in [0.1, 0.15) is 12.1 Å². The number of aliphatic hydroxyl groups is 1. The molecule has 1 aromatic heterocycles. The summed E-state index contributed by atoms with van der Waals surface area (Å²) >= 11 is 3.41. The minimum atomic E-state index is 0.245. The first kappa shape index (κ1) is 12.0. The van der Waals surface area contributed by atoms with Crippen LogP contribution in [0.2, 0.25) is 0 Å². The molecular formula is C9H16N2OS2. The fourth-order valence-electron chi connectivity index (χ4n) is 1.18. The van der Waals surface area contributed by atoms with Gasteiger partial charge in [-0.25, -0.2) is 4.98 Å². The lowest BCUT2D eigenvalue weighted by atomic mass is 10.2. The van der Waals surface area contributed by atoms with Crippen LogP contribution in [-0.4, -0.2) is 34.7 Å². The molecule has 1 heterocycles. The number of nitrogens with one attached hydrogen (secondary N) is 1. The van der Waals surface area contributed by atoms with Gasteiger partial charge in [-0.1, -0.05) is 0 Å². The fourth-order valence-corrected chi connectivity index (χ4v) is 2.42. The molecule has 0 aliphatic heterocycles. The van der Waals surface area contributed by atoms with E-state index < -0.39 is 0 Å². The van der Waals surface area contributed by atoms with E-state index >= 15 is 0 Å². The van der Waals surface area contributed by atoms with Crippen molar-refractivity contribution in [3.8, 4) is 0 Å². The summed E-state index contributed by atoms with van der Waals surface area (Å²) in [5, 5.41) is 14.3. The summed E-state index contributed by atoms with van der Waals surface area (Å²) in [5.41, 5.74) is 2.92. The highest BCUT2D eigenvalue weighted by Gasteiger charge is 2.06. The van der Waals surface area contributed by atoms with Gasteiger partial charge in [0.2, 0.25) is 0 Å². The third-order valence-electron chi connectivity index (χ3n) is 1.90. The molecule has 1 aromatic rings. The largest absolute Gasteiger partial charge is 0.396 e. The van der Waals surface area contributed by atoms with Gasteiger partial charge in [0.25, 0.3) is 0 Å². The average molecular weight is 232 g/mol. The molecular weight excluding hydrogens is 216 g/mol. The van der Waals surface area contributed by atoms with Gasteiger partial charge in [-0.3, -0.25) is 0 Å². The van der Waals surface area contributed by atoms with Crippen molar-refractivity contribution in [1.82, 2.24) is 10.3 Å². The van der Waals surface area contributed by atoms with Crippen LogP contribution in [0.25, 0.3) is 0 Å². The second-order valence-electron chi connectivity index (χ2n) is 3.03. The molecule has 0 amide bonds. The maximum absolute atomic E-state index is 8.86. The summed E-state index contributed by atoms with van der Waals surface area (Å²) in [7, 11) is 0. The molecule has 80 valence electrons. The lowest BCUT2D eigenvalue weighted by molar-refractivity contribution is 0.269. The highest BCUT2D eigenvalue weighted by Crippen LogP contribution is 2.04. The Bertz CT molecular complexity index is 223. The van der Waals surface area contributed by atoms with Crippen molar-refractivity contribution in [3.05, 3.63) is 16.6 Å². The van der Waals surface area contributed by atoms with Gasteiger partial charge in [0.05, 0.1) is 11.2 Å². The number of thiazole rings is 1. The van der Waals surface area contributed by atoms with Gasteiger partial charge >= 0.3 is 0 Å². The van der Waals surface area contributed by atoms with Gasteiger partial charge in [-0.05, 0) is 12.7 Å². The monoisotopic (exact) mass is 232 g/mol. The lowest BCUT2D eigenvalue weighted by Gasteiger charge is -2.15. The van der Waals surface area contributed by atoms with Gasteiger partial charge in [0, 0.05) is 30.3 Å². The van der Waals surface area contributed by atoms with Crippen LogP contribution < -0.4 is 5.32 Å². The quantitative estimate of drug-likeness (QED) is 0.745. The highest BCUT2D eigenvalue weighted by molar-refractivity contribution is 7.98. The second-order valence-corrected chi connectivity index (χ2v) is 4.65. The molecule has 1 rings (SSSR count). The Kier molecular flexibility index (Phi) is 6.18. The van der Waals surface area contributed by atoms with Crippen LogP contribution in [-0.2, 0) is 6.54 Å². The third-order valence-corrected chi connectivity index (χ3v) is 3.27. The number of thioether (sulfide) groups is 1. The summed E-state index contributed by atoms with van der Waals surface area (Å²) in [6, 6.07) is 0.386. The SMILES string of the molecule is CSCC(CCO)NCc1cscn1. The third kappa shape index (κ3) is 4.41. The van der Waals surface area contributed by atoms with Crippen LogP contribution in [0.3, 0.4) is 0 Å². The summed E-state index contributed by atoms with van der Waals surface area (Å²) in [6.07, 6.45) is 2.89. The zero-order valence-electron chi connectivity index (χ0n) is 8.27. The molecule has 14 heavy (non-hydrogen) atoms. The number of aromatic nitrogens is 1. The molecule has 3 nitrogen and oxygen atoms in total. The van der Waals surface area contributed by atoms with Crippen molar-refractivity contribution >= 4 is 23.1 Å². The molecule has 0 saturated carbocycles. The predicted octanol–water partition coefficient (Wildman–Crippen LogP) is 1.35. The number of nitrogens with zero attached hydrogens (tertiary/aromatic N) is 1. The molecule has 0 aromatic carbocycles. The van der Waals surface area contributed by atoms with Crippen LogP contribution in [0.4, 0.5) is 0 Å². The molecule has 0 aliphatic rings. The Hall–Kier alpha value is -0.100. The molecule has 1 unspecified atom stereocenters. The minimum Gasteiger partial charge on any atom is -0.396 e. The molecule has 0 aliphatic carbocycles. The zero-order valence-corrected chi connectivity index (χ0v) is 9.90. The van der Waals surface area contributed by atoms with Gasteiger partial charge in [0.1, 0.15) is 0 Å².